The zero-order chi connectivity index (χ0) is 20.5. The van der Waals surface area contributed by atoms with E-state index in [0.29, 0.717) is 42.1 Å². The molecule has 0 radical (unpaired) electrons. The maximum atomic E-state index is 13.5. The average molecular weight is 402 g/mol. The molecule has 29 heavy (non-hydrogen) atoms. The Morgan fingerprint density at radius 1 is 1.21 bits per heavy atom. The van der Waals surface area contributed by atoms with Crippen LogP contribution in [0.1, 0.15) is 6.92 Å². The van der Waals surface area contributed by atoms with E-state index in [2.05, 4.69) is 10.3 Å². The van der Waals surface area contributed by atoms with Gasteiger partial charge in [-0.15, -0.1) is 0 Å². The summed E-state index contributed by atoms with van der Waals surface area (Å²) >= 11 is 0. The average Bonchev–Trinajstić information content (AvgIpc) is 3.04. The Bertz CT molecular complexity index is 1090. The number of piperazine rings is 1. The fourth-order valence-corrected chi connectivity index (χ4v) is 3.62. The van der Waals surface area contributed by atoms with Gasteiger partial charge in [-0.2, -0.15) is 0 Å². The van der Waals surface area contributed by atoms with E-state index in [1.807, 2.05) is 11.8 Å². The third-order valence-corrected chi connectivity index (χ3v) is 5.02. The fourth-order valence-electron chi connectivity index (χ4n) is 3.62. The highest BCUT2D eigenvalue weighted by Gasteiger charge is 2.27. The Hall–Kier alpha value is -3.36. The molecule has 152 valence electrons. The van der Waals surface area contributed by atoms with Gasteiger partial charge >= 0.3 is 5.76 Å². The summed E-state index contributed by atoms with van der Waals surface area (Å²) in [5, 5.41) is 3.04. The molecular formula is C20H20F2N4O3. The standard InChI is InChI=1S/C20H20F2N4O3/c1-12-11-25(4-5-26(12)16-7-13(21)6-14(22)8-16)19(27)10-23-15-2-3-17-18(9-15)29-20(28)24-17/h2-3,6-9,12,23H,4-5,10-11H2,1H3,(H,24,28)/t12-/m1/s1. The van der Waals surface area contributed by atoms with E-state index in [4.69, 9.17) is 4.42 Å². The van der Waals surface area contributed by atoms with Crippen molar-refractivity contribution < 1.29 is 18.0 Å². The molecule has 1 saturated heterocycles. The van der Waals surface area contributed by atoms with Crippen LogP contribution in [-0.2, 0) is 4.79 Å². The van der Waals surface area contributed by atoms with Crippen molar-refractivity contribution >= 4 is 28.4 Å². The predicted octanol–water partition coefficient (Wildman–Crippen LogP) is 2.55. The number of H-pyrrole nitrogens is 1. The summed E-state index contributed by atoms with van der Waals surface area (Å²) in [7, 11) is 0. The molecule has 1 aliphatic heterocycles. The predicted molar refractivity (Wildman–Crippen MR) is 105 cm³/mol. The van der Waals surface area contributed by atoms with Gasteiger partial charge in [0.1, 0.15) is 11.6 Å². The molecule has 2 N–H and O–H groups in total. The normalized spacial score (nSPS) is 17.0. The molecule has 3 aromatic rings. The number of aromatic amines is 1. The van der Waals surface area contributed by atoms with E-state index in [1.54, 1.807) is 23.1 Å². The minimum Gasteiger partial charge on any atom is -0.408 e. The molecule has 0 spiro atoms. The second-order valence-corrected chi connectivity index (χ2v) is 7.09. The lowest BCUT2D eigenvalue weighted by Gasteiger charge is -2.41. The fraction of sp³-hybridized carbons (Fsp3) is 0.300. The van der Waals surface area contributed by atoms with Crippen LogP contribution in [0.25, 0.3) is 11.1 Å². The molecule has 0 aliphatic carbocycles. The Morgan fingerprint density at radius 3 is 2.69 bits per heavy atom. The van der Waals surface area contributed by atoms with E-state index >= 15 is 0 Å². The molecule has 1 aliphatic rings. The van der Waals surface area contributed by atoms with Crippen LogP contribution in [0.3, 0.4) is 0 Å². The number of oxazole rings is 1. The summed E-state index contributed by atoms with van der Waals surface area (Å²) in [6.45, 7) is 3.38. The minimum atomic E-state index is -0.620. The van der Waals surface area contributed by atoms with Crippen molar-refractivity contribution in [2.75, 3.05) is 36.4 Å². The first-order valence-electron chi connectivity index (χ1n) is 9.26. The Labute approximate surface area is 164 Å². The van der Waals surface area contributed by atoms with Gasteiger partial charge in [0.05, 0.1) is 12.1 Å². The van der Waals surface area contributed by atoms with Crippen molar-refractivity contribution in [1.82, 2.24) is 9.88 Å². The number of halogens is 2. The van der Waals surface area contributed by atoms with Crippen molar-refractivity contribution in [1.29, 1.82) is 0 Å². The van der Waals surface area contributed by atoms with Crippen LogP contribution in [0.15, 0.2) is 45.6 Å². The monoisotopic (exact) mass is 402 g/mol. The van der Waals surface area contributed by atoms with E-state index in [9.17, 15) is 18.4 Å². The Balaban J connectivity index is 1.36. The highest BCUT2D eigenvalue weighted by atomic mass is 19.1. The summed E-state index contributed by atoms with van der Waals surface area (Å²) < 4.78 is 32.0. The van der Waals surface area contributed by atoms with Crippen LogP contribution in [0.4, 0.5) is 20.2 Å². The van der Waals surface area contributed by atoms with Crippen molar-refractivity contribution in [3.63, 3.8) is 0 Å². The van der Waals surface area contributed by atoms with Crippen molar-refractivity contribution in [3.8, 4) is 0 Å². The van der Waals surface area contributed by atoms with Crippen molar-refractivity contribution in [2.24, 2.45) is 0 Å². The molecule has 0 bridgehead atoms. The number of hydrogen-bond acceptors (Lipinski definition) is 5. The minimum absolute atomic E-state index is 0.0839. The van der Waals surface area contributed by atoms with Gasteiger partial charge in [-0.25, -0.2) is 13.6 Å². The van der Waals surface area contributed by atoms with Gasteiger partial charge in [-0.3, -0.25) is 9.78 Å². The quantitative estimate of drug-likeness (QED) is 0.701. The summed E-state index contributed by atoms with van der Waals surface area (Å²) in [5.74, 6) is -1.86. The maximum Gasteiger partial charge on any atom is 0.417 e. The number of nitrogens with zero attached hydrogens (tertiary/aromatic N) is 2. The number of benzene rings is 2. The van der Waals surface area contributed by atoms with Crippen LogP contribution >= 0.6 is 0 Å². The SMILES string of the molecule is C[C@@H]1CN(C(=O)CNc2ccc3[nH]c(=O)oc3c2)CCN1c1cc(F)cc(F)c1. The van der Waals surface area contributed by atoms with Gasteiger partial charge in [0.2, 0.25) is 5.91 Å². The third-order valence-electron chi connectivity index (χ3n) is 5.02. The highest BCUT2D eigenvalue weighted by Crippen LogP contribution is 2.23. The van der Waals surface area contributed by atoms with Gasteiger partial charge in [0.15, 0.2) is 5.58 Å². The first-order chi connectivity index (χ1) is 13.9. The van der Waals surface area contributed by atoms with E-state index < -0.39 is 17.4 Å². The second-order valence-electron chi connectivity index (χ2n) is 7.09. The molecule has 2 aromatic carbocycles. The van der Waals surface area contributed by atoms with E-state index in [0.717, 1.165) is 6.07 Å². The van der Waals surface area contributed by atoms with Crippen molar-refractivity contribution in [2.45, 2.75) is 13.0 Å². The number of hydrogen-bond donors (Lipinski definition) is 2. The first-order valence-corrected chi connectivity index (χ1v) is 9.26. The molecule has 1 aromatic heterocycles. The first kappa shape index (κ1) is 19.0. The largest absolute Gasteiger partial charge is 0.417 e. The third kappa shape index (κ3) is 4.08. The van der Waals surface area contributed by atoms with Gasteiger partial charge in [0.25, 0.3) is 0 Å². The molecule has 1 fully saturated rings. The van der Waals surface area contributed by atoms with E-state index in [1.165, 1.54) is 12.1 Å². The highest BCUT2D eigenvalue weighted by molar-refractivity contribution is 5.83. The summed E-state index contributed by atoms with van der Waals surface area (Å²) in [5.41, 5.74) is 2.14. The number of aromatic nitrogens is 1. The molecule has 0 unspecified atom stereocenters. The zero-order valence-electron chi connectivity index (χ0n) is 15.7. The van der Waals surface area contributed by atoms with Gasteiger partial charge in [-0.1, -0.05) is 0 Å². The smallest absolute Gasteiger partial charge is 0.408 e. The lowest BCUT2D eigenvalue weighted by Crippen LogP contribution is -2.54. The van der Waals surface area contributed by atoms with Gasteiger partial charge in [-0.05, 0) is 31.2 Å². The van der Waals surface area contributed by atoms with Gasteiger partial charge in [0, 0.05) is 49.2 Å². The summed E-state index contributed by atoms with van der Waals surface area (Å²) in [4.78, 5) is 30.0. The second kappa shape index (κ2) is 7.57. The van der Waals surface area contributed by atoms with Crippen LogP contribution < -0.4 is 16.0 Å². The molecule has 7 nitrogen and oxygen atoms in total. The summed E-state index contributed by atoms with van der Waals surface area (Å²) in [6, 6.07) is 8.46. The zero-order valence-corrected chi connectivity index (χ0v) is 15.7. The molecule has 1 amide bonds. The number of amides is 1. The number of anilines is 2. The number of carbonyl (C=O) groups is 1. The van der Waals surface area contributed by atoms with E-state index in [-0.39, 0.29) is 18.5 Å². The van der Waals surface area contributed by atoms with Crippen LogP contribution in [0.2, 0.25) is 0 Å². The molecular weight excluding hydrogens is 382 g/mol. The molecule has 4 rings (SSSR count). The van der Waals surface area contributed by atoms with Crippen LogP contribution in [-0.4, -0.2) is 48.0 Å². The molecule has 9 heteroatoms. The molecule has 1 atom stereocenters. The summed E-state index contributed by atoms with van der Waals surface area (Å²) in [6.07, 6.45) is 0. The molecule has 0 saturated carbocycles. The number of carbonyl (C=O) groups excluding carboxylic acids is 1. The number of fused-ring (bicyclic) bond motifs is 1. The number of nitrogens with one attached hydrogen (secondary N) is 2. The Kier molecular flexibility index (Phi) is 4.96. The topological polar surface area (TPSA) is 81.6 Å². The lowest BCUT2D eigenvalue weighted by atomic mass is 10.1. The Morgan fingerprint density at radius 2 is 1.97 bits per heavy atom. The van der Waals surface area contributed by atoms with Crippen LogP contribution in [0, 0.1) is 11.6 Å². The van der Waals surface area contributed by atoms with Crippen molar-refractivity contribution in [3.05, 3.63) is 58.6 Å². The van der Waals surface area contributed by atoms with Crippen LogP contribution in [0.5, 0.6) is 0 Å². The lowest BCUT2D eigenvalue weighted by molar-refractivity contribution is -0.130. The molecule has 2 heterocycles. The number of rotatable bonds is 4. The maximum absolute atomic E-state index is 13.5. The van der Waals surface area contributed by atoms with Gasteiger partial charge < -0.3 is 19.5 Å².